The van der Waals surface area contributed by atoms with Crippen LogP contribution in [0.15, 0.2) is 29.5 Å². The van der Waals surface area contributed by atoms with E-state index in [0.29, 0.717) is 5.95 Å². The zero-order valence-electron chi connectivity index (χ0n) is 9.25. The molecule has 0 spiro atoms. The Morgan fingerprint density at radius 3 is 2.35 bits per heavy atom. The lowest BCUT2D eigenvalue weighted by atomic mass is 10.4. The Balaban J connectivity index is 1.84. The fourth-order valence-corrected chi connectivity index (χ4v) is 2.31. The molecule has 0 radical (unpaired) electrons. The Bertz CT molecular complexity index is 501. The van der Waals surface area contributed by atoms with Crippen molar-refractivity contribution >= 4 is 21.6 Å². The fraction of sp³-hybridized carbons (Fsp3) is 0.364. The molecule has 6 heteroatoms. The van der Waals surface area contributed by atoms with Crippen molar-refractivity contribution in [3.8, 4) is 5.95 Å². The number of hydrogen-bond donors (Lipinski definition) is 0. The Morgan fingerprint density at radius 1 is 1.06 bits per heavy atom. The molecular formula is C11H12BrN5. The molecule has 0 unspecified atom stereocenters. The molecule has 3 heterocycles. The molecule has 1 aliphatic rings. The van der Waals surface area contributed by atoms with E-state index >= 15 is 0 Å². The molecule has 2 aromatic rings. The van der Waals surface area contributed by atoms with Gasteiger partial charge in [0.1, 0.15) is 10.9 Å². The molecule has 88 valence electrons. The van der Waals surface area contributed by atoms with Gasteiger partial charge >= 0.3 is 0 Å². The number of imidazole rings is 1. The van der Waals surface area contributed by atoms with E-state index in [-0.39, 0.29) is 0 Å². The van der Waals surface area contributed by atoms with Gasteiger partial charge in [-0.15, -0.1) is 0 Å². The van der Waals surface area contributed by atoms with E-state index < -0.39 is 0 Å². The van der Waals surface area contributed by atoms with Gasteiger partial charge in [0.2, 0.25) is 5.95 Å². The van der Waals surface area contributed by atoms with Gasteiger partial charge in [-0.25, -0.2) is 15.0 Å². The molecule has 0 amide bonds. The standard InChI is InChI=1S/C11H12BrN5/c12-10-7-17(8-15-10)11-13-5-9(6-14-11)16-3-1-2-4-16/h5-8H,1-4H2. The first-order chi connectivity index (χ1) is 8.33. The average Bonchev–Trinajstić information content (AvgIpc) is 3.00. The van der Waals surface area contributed by atoms with E-state index in [1.807, 2.05) is 18.6 Å². The quantitative estimate of drug-likeness (QED) is 0.850. The number of rotatable bonds is 2. The Morgan fingerprint density at radius 2 is 1.76 bits per heavy atom. The van der Waals surface area contributed by atoms with Crippen molar-refractivity contribution in [1.82, 2.24) is 19.5 Å². The summed E-state index contributed by atoms with van der Waals surface area (Å²) in [5.41, 5.74) is 1.10. The van der Waals surface area contributed by atoms with Crippen LogP contribution in [0, 0.1) is 0 Å². The zero-order chi connectivity index (χ0) is 11.7. The van der Waals surface area contributed by atoms with Crippen LogP contribution in [0.25, 0.3) is 5.95 Å². The largest absolute Gasteiger partial charge is 0.369 e. The minimum atomic E-state index is 0.645. The number of aromatic nitrogens is 4. The number of hydrogen-bond acceptors (Lipinski definition) is 4. The lowest BCUT2D eigenvalue weighted by molar-refractivity contribution is 0.898. The molecule has 5 nitrogen and oxygen atoms in total. The lowest BCUT2D eigenvalue weighted by Gasteiger charge is -2.16. The van der Waals surface area contributed by atoms with E-state index in [9.17, 15) is 0 Å². The molecule has 1 fully saturated rings. The maximum Gasteiger partial charge on any atom is 0.234 e. The van der Waals surface area contributed by atoms with Crippen molar-refractivity contribution in [1.29, 1.82) is 0 Å². The third-order valence-electron chi connectivity index (χ3n) is 2.88. The average molecular weight is 294 g/mol. The molecular weight excluding hydrogens is 282 g/mol. The lowest BCUT2D eigenvalue weighted by Crippen LogP contribution is -2.18. The van der Waals surface area contributed by atoms with E-state index in [2.05, 4.69) is 35.8 Å². The SMILES string of the molecule is Brc1cn(-c2ncc(N3CCCC3)cn2)cn1. The van der Waals surface area contributed by atoms with Crippen molar-refractivity contribution in [3.05, 3.63) is 29.5 Å². The third-order valence-corrected chi connectivity index (χ3v) is 3.29. The highest BCUT2D eigenvalue weighted by Crippen LogP contribution is 2.18. The van der Waals surface area contributed by atoms with Crippen molar-refractivity contribution in [2.45, 2.75) is 12.8 Å². The summed E-state index contributed by atoms with van der Waals surface area (Å²) in [4.78, 5) is 15.1. The highest BCUT2D eigenvalue weighted by Gasteiger charge is 2.13. The monoisotopic (exact) mass is 293 g/mol. The van der Waals surface area contributed by atoms with E-state index in [4.69, 9.17) is 0 Å². The van der Waals surface area contributed by atoms with Gasteiger partial charge in [-0.2, -0.15) is 0 Å². The first-order valence-corrected chi connectivity index (χ1v) is 6.39. The Hall–Kier alpha value is -1.43. The minimum absolute atomic E-state index is 0.645. The van der Waals surface area contributed by atoms with Crippen LogP contribution in [-0.2, 0) is 0 Å². The number of halogens is 1. The highest BCUT2D eigenvalue weighted by molar-refractivity contribution is 9.10. The molecule has 3 rings (SSSR count). The van der Waals surface area contributed by atoms with Gasteiger partial charge in [0.25, 0.3) is 0 Å². The summed E-state index contributed by atoms with van der Waals surface area (Å²) in [6, 6.07) is 0. The van der Waals surface area contributed by atoms with Crippen LogP contribution in [0.1, 0.15) is 12.8 Å². The van der Waals surface area contributed by atoms with Crippen LogP contribution in [0.2, 0.25) is 0 Å². The molecule has 1 aliphatic heterocycles. The van der Waals surface area contributed by atoms with Crippen molar-refractivity contribution in [2.75, 3.05) is 18.0 Å². The summed E-state index contributed by atoms with van der Waals surface area (Å²) in [6.45, 7) is 2.22. The van der Waals surface area contributed by atoms with Gasteiger partial charge < -0.3 is 4.90 Å². The summed E-state index contributed by atoms with van der Waals surface area (Å²) < 4.78 is 2.57. The van der Waals surface area contributed by atoms with Gasteiger partial charge in [0.05, 0.1) is 18.1 Å². The van der Waals surface area contributed by atoms with Crippen molar-refractivity contribution in [2.24, 2.45) is 0 Å². The maximum absolute atomic E-state index is 4.36. The zero-order valence-corrected chi connectivity index (χ0v) is 10.8. The smallest absolute Gasteiger partial charge is 0.234 e. The van der Waals surface area contributed by atoms with E-state index in [1.54, 1.807) is 10.9 Å². The molecule has 0 atom stereocenters. The van der Waals surface area contributed by atoms with Gasteiger partial charge in [0.15, 0.2) is 0 Å². The minimum Gasteiger partial charge on any atom is -0.369 e. The van der Waals surface area contributed by atoms with Crippen LogP contribution in [0.4, 0.5) is 5.69 Å². The van der Waals surface area contributed by atoms with Crippen LogP contribution >= 0.6 is 15.9 Å². The van der Waals surface area contributed by atoms with Gasteiger partial charge in [0, 0.05) is 19.3 Å². The van der Waals surface area contributed by atoms with Crippen LogP contribution in [0.3, 0.4) is 0 Å². The molecule has 0 saturated carbocycles. The molecule has 0 aromatic carbocycles. The number of anilines is 1. The van der Waals surface area contributed by atoms with Gasteiger partial charge in [-0.05, 0) is 28.8 Å². The summed E-state index contributed by atoms with van der Waals surface area (Å²) in [5.74, 6) is 0.645. The summed E-state index contributed by atoms with van der Waals surface area (Å²) in [7, 11) is 0. The fourth-order valence-electron chi connectivity index (χ4n) is 1.99. The number of nitrogens with zero attached hydrogens (tertiary/aromatic N) is 5. The second kappa shape index (κ2) is 4.44. The molecule has 1 saturated heterocycles. The molecule has 0 N–H and O–H groups in total. The van der Waals surface area contributed by atoms with Crippen molar-refractivity contribution in [3.63, 3.8) is 0 Å². The molecule has 0 bridgehead atoms. The normalized spacial score (nSPS) is 15.5. The molecule has 2 aromatic heterocycles. The van der Waals surface area contributed by atoms with E-state index in [1.165, 1.54) is 12.8 Å². The maximum atomic E-state index is 4.36. The third kappa shape index (κ3) is 2.17. The summed E-state index contributed by atoms with van der Waals surface area (Å²) in [5, 5.41) is 0. The first kappa shape index (κ1) is 10.7. The second-order valence-corrected chi connectivity index (χ2v) is 4.85. The van der Waals surface area contributed by atoms with Gasteiger partial charge in [-0.1, -0.05) is 0 Å². The summed E-state index contributed by atoms with van der Waals surface area (Å²) >= 11 is 3.30. The predicted octanol–water partition coefficient (Wildman–Crippen LogP) is 2.02. The first-order valence-electron chi connectivity index (χ1n) is 5.60. The van der Waals surface area contributed by atoms with Crippen LogP contribution < -0.4 is 4.90 Å². The van der Waals surface area contributed by atoms with Crippen LogP contribution in [0.5, 0.6) is 0 Å². The topological polar surface area (TPSA) is 46.8 Å². The Labute approximate surface area is 108 Å². The summed E-state index contributed by atoms with van der Waals surface area (Å²) in [6.07, 6.45) is 9.80. The predicted molar refractivity (Wildman–Crippen MR) is 68.3 cm³/mol. The van der Waals surface area contributed by atoms with Gasteiger partial charge in [-0.3, -0.25) is 4.57 Å². The molecule has 17 heavy (non-hydrogen) atoms. The Kier molecular flexibility index (Phi) is 2.80. The molecule has 0 aliphatic carbocycles. The second-order valence-electron chi connectivity index (χ2n) is 4.04. The van der Waals surface area contributed by atoms with Crippen LogP contribution in [-0.4, -0.2) is 32.6 Å². The highest BCUT2D eigenvalue weighted by atomic mass is 79.9. The van der Waals surface area contributed by atoms with Crippen molar-refractivity contribution < 1.29 is 0 Å². The van der Waals surface area contributed by atoms with E-state index in [0.717, 1.165) is 23.4 Å².